The van der Waals surface area contributed by atoms with Crippen molar-refractivity contribution in [2.24, 2.45) is 0 Å². The van der Waals surface area contributed by atoms with Crippen LogP contribution in [0.2, 0.25) is 0 Å². The minimum atomic E-state index is -3.66. The zero-order valence-electron chi connectivity index (χ0n) is 15.5. The smallest absolute Gasteiger partial charge is 0.251 e. The third kappa shape index (κ3) is 4.93. The number of hydrogen-bond acceptors (Lipinski definition) is 3. The summed E-state index contributed by atoms with van der Waals surface area (Å²) in [5.41, 5.74) is 1.39. The van der Waals surface area contributed by atoms with Gasteiger partial charge in [-0.3, -0.25) is 4.79 Å². The Morgan fingerprint density at radius 2 is 1.65 bits per heavy atom. The Labute approximate surface area is 156 Å². The average Bonchev–Trinajstić information content (AvgIpc) is 2.64. The van der Waals surface area contributed by atoms with Crippen LogP contribution in [-0.4, -0.2) is 31.2 Å². The fraction of sp³-hybridized carbons (Fsp3) is 0.350. The van der Waals surface area contributed by atoms with Crippen molar-refractivity contribution in [3.05, 3.63) is 65.7 Å². The summed E-state index contributed by atoms with van der Waals surface area (Å²) in [4.78, 5) is 12.2. The number of rotatable bonds is 8. The minimum Gasteiger partial charge on any atom is -0.352 e. The SMILES string of the molecule is CCCNC(=O)c1ccc(S(=O)(=O)N(Cc2ccccc2)C(C)C)cc1. The maximum atomic E-state index is 13.1. The van der Waals surface area contributed by atoms with Crippen molar-refractivity contribution in [1.29, 1.82) is 0 Å². The molecule has 6 heteroatoms. The molecular formula is C20H26N2O3S. The van der Waals surface area contributed by atoms with Crippen molar-refractivity contribution in [3.63, 3.8) is 0 Å². The van der Waals surface area contributed by atoms with Gasteiger partial charge in [-0.1, -0.05) is 37.3 Å². The fourth-order valence-electron chi connectivity index (χ4n) is 2.56. The molecule has 1 amide bonds. The lowest BCUT2D eigenvalue weighted by atomic mass is 10.2. The van der Waals surface area contributed by atoms with Crippen LogP contribution in [0, 0.1) is 0 Å². The summed E-state index contributed by atoms with van der Waals surface area (Å²) >= 11 is 0. The predicted molar refractivity (Wildman–Crippen MR) is 103 cm³/mol. The van der Waals surface area contributed by atoms with E-state index in [-0.39, 0.29) is 16.8 Å². The highest BCUT2D eigenvalue weighted by Gasteiger charge is 2.27. The molecule has 0 saturated heterocycles. The van der Waals surface area contributed by atoms with E-state index in [2.05, 4.69) is 5.32 Å². The van der Waals surface area contributed by atoms with E-state index in [1.165, 1.54) is 16.4 Å². The monoisotopic (exact) mass is 374 g/mol. The number of nitrogens with one attached hydrogen (secondary N) is 1. The van der Waals surface area contributed by atoms with Crippen LogP contribution in [-0.2, 0) is 16.6 Å². The van der Waals surface area contributed by atoms with Gasteiger partial charge >= 0.3 is 0 Å². The summed E-state index contributed by atoms with van der Waals surface area (Å²) in [7, 11) is -3.66. The second-order valence-corrected chi connectivity index (χ2v) is 8.30. The summed E-state index contributed by atoms with van der Waals surface area (Å²) in [5, 5.41) is 2.78. The van der Waals surface area contributed by atoms with Gasteiger partial charge in [0.05, 0.1) is 4.90 Å². The molecule has 0 fully saturated rings. The van der Waals surface area contributed by atoms with E-state index < -0.39 is 10.0 Å². The maximum Gasteiger partial charge on any atom is 0.251 e. The number of carbonyl (C=O) groups is 1. The molecule has 2 aromatic rings. The Morgan fingerprint density at radius 1 is 1.04 bits per heavy atom. The normalized spacial score (nSPS) is 11.7. The van der Waals surface area contributed by atoms with Crippen molar-refractivity contribution in [1.82, 2.24) is 9.62 Å². The summed E-state index contributed by atoms with van der Waals surface area (Å²) in [6.45, 7) is 6.58. The van der Waals surface area contributed by atoms with E-state index in [9.17, 15) is 13.2 Å². The summed E-state index contributed by atoms with van der Waals surface area (Å²) in [5.74, 6) is -0.194. The van der Waals surface area contributed by atoms with Gasteiger partial charge in [-0.25, -0.2) is 8.42 Å². The van der Waals surface area contributed by atoms with Gasteiger partial charge in [-0.15, -0.1) is 0 Å². The molecule has 0 saturated carbocycles. The highest BCUT2D eigenvalue weighted by Crippen LogP contribution is 2.21. The predicted octanol–water partition coefficient (Wildman–Crippen LogP) is 3.43. The van der Waals surface area contributed by atoms with Crippen LogP contribution in [0.3, 0.4) is 0 Å². The first-order chi connectivity index (χ1) is 12.4. The maximum absolute atomic E-state index is 13.1. The van der Waals surface area contributed by atoms with Gasteiger partial charge in [0.1, 0.15) is 0 Å². The molecule has 0 aliphatic rings. The molecule has 2 rings (SSSR count). The summed E-state index contributed by atoms with van der Waals surface area (Å²) in [6.07, 6.45) is 0.848. The second kappa shape index (κ2) is 8.96. The van der Waals surface area contributed by atoms with E-state index in [0.717, 1.165) is 12.0 Å². The first-order valence-electron chi connectivity index (χ1n) is 8.80. The second-order valence-electron chi connectivity index (χ2n) is 6.41. The largest absolute Gasteiger partial charge is 0.352 e. The molecule has 0 unspecified atom stereocenters. The van der Waals surface area contributed by atoms with Crippen LogP contribution in [0.25, 0.3) is 0 Å². The first kappa shape index (κ1) is 20.1. The van der Waals surface area contributed by atoms with Crippen molar-refractivity contribution in [2.45, 2.75) is 44.7 Å². The fourth-order valence-corrected chi connectivity index (χ4v) is 4.19. The number of nitrogens with zero attached hydrogens (tertiary/aromatic N) is 1. The van der Waals surface area contributed by atoms with Gasteiger partial charge in [-0.2, -0.15) is 4.31 Å². The molecule has 0 aliphatic carbocycles. The Kier molecular flexibility index (Phi) is 6.94. The van der Waals surface area contributed by atoms with Crippen molar-refractivity contribution < 1.29 is 13.2 Å². The molecule has 26 heavy (non-hydrogen) atoms. The number of sulfonamides is 1. The Balaban J connectivity index is 2.24. The number of amides is 1. The molecule has 0 atom stereocenters. The molecule has 0 spiro atoms. The van der Waals surface area contributed by atoms with Crippen LogP contribution in [0.5, 0.6) is 0 Å². The third-order valence-corrected chi connectivity index (χ3v) is 6.05. The Hall–Kier alpha value is -2.18. The molecule has 1 N–H and O–H groups in total. The van der Waals surface area contributed by atoms with Gasteiger partial charge in [0.15, 0.2) is 0 Å². The molecule has 0 heterocycles. The van der Waals surface area contributed by atoms with E-state index in [0.29, 0.717) is 18.7 Å². The quantitative estimate of drug-likeness (QED) is 0.770. The van der Waals surface area contributed by atoms with Crippen molar-refractivity contribution in [3.8, 4) is 0 Å². The van der Waals surface area contributed by atoms with E-state index in [1.807, 2.05) is 51.1 Å². The van der Waals surface area contributed by atoms with Crippen molar-refractivity contribution in [2.75, 3.05) is 6.54 Å². The third-order valence-electron chi connectivity index (χ3n) is 4.02. The standard InChI is InChI=1S/C20H26N2O3S/c1-4-14-21-20(23)18-10-12-19(13-11-18)26(24,25)22(16(2)3)15-17-8-6-5-7-9-17/h5-13,16H,4,14-15H2,1-3H3,(H,21,23). The lowest BCUT2D eigenvalue weighted by Crippen LogP contribution is -2.36. The van der Waals surface area contributed by atoms with Gasteiger partial charge in [0, 0.05) is 24.7 Å². The molecule has 140 valence electrons. The average molecular weight is 375 g/mol. The highest BCUT2D eigenvalue weighted by atomic mass is 32.2. The Morgan fingerprint density at radius 3 is 2.19 bits per heavy atom. The first-order valence-corrected chi connectivity index (χ1v) is 10.2. The molecule has 5 nitrogen and oxygen atoms in total. The van der Waals surface area contributed by atoms with Crippen molar-refractivity contribution >= 4 is 15.9 Å². The molecule has 0 bridgehead atoms. The lowest BCUT2D eigenvalue weighted by Gasteiger charge is -2.26. The van der Waals surface area contributed by atoms with Crippen LogP contribution >= 0.6 is 0 Å². The summed E-state index contributed by atoms with van der Waals surface area (Å²) in [6, 6.07) is 15.4. The zero-order chi connectivity index (χ0) is 19.2. The lowest BCUT2D eigenvalue weighted by molar-refractivity contribution is 0.0953. The highest BCUT2D eigenvalue weighted by molar-refractivity contribution is 7.89. The molecule has 0 aromatic heterocycles. The topological polar surface area (TPSA) is 66.5 Å². The van der Waals surface area contributed by atoms with Gasteiger partial charge < -0.3 is 5.32 Å². The molecule has 2 aromatic carbocycles. The van der Waals surface area contributed by atoms with Gasteiger partial charge in [-0.05, 0) is 50.1 Å². The number of carbonyl (C=O) groups excluding carboxylic acids is 1. The Bertz CT molecular complexity index is 816. The van der Waals surface area contributed by atoms with Crippen LogP contribution in [0.1, 0.15) is 43.1 Å². The minimum absolute atomic E-state index is 0.187. The van der Waals surface area contributed by atoms with E-state index >= 15 is 0 Å². The van der Waals surface area contributed by atoms with Gasteiger partial charge in [0.25, 0.3) is 5.91 Å². The molecule has 0 aliphatic heterocycles. The summed E-state index contributed by atoms with van der Waals surface area (Å²) < 4.78 is 27.6. The zero-order valence-corrected chi connectivity index (χ0v) is 16.3. The van der Waals surface area contributed by atoms with Crippen LogP contribution in [0.15, 0.2) is 59.5 Å². The molecule has 0 radical (unpaired) electrons. The molecular weight excluding hydrogens is 348 g/mol. The number of hydrogen-bond donors (Lipinski definition) is 1. The van der Waals surface area contributed by atoms with Crippen LogP contribution in [0.4, 0.5) is 0 Å². The number of benzene rings is 2. The van der Waals surface area contributed by atoms with E-state index in [4.69, 9.17) is 0 Å². The van der Waals surface area contributed by atoms with Gasteiger partial charge in [0.2, 0.25) is 10.0 Å². The van der Waals surface area contributed by atoms with E-state index in [1.54, 1.807) is 12.1 Å². The van der Waals surface area contributed by atoms with Crippen LogP contribution < -0.4 is 5.32 Å².